The van der Waals surface area contributed by atoms with Crippen LogP contribution >= 0.6 is 15.9 Å². The van der Waals surface area contributed by atoms with Crippen molar-refractivity contribution < 1.29 is 14.4 Å². The van der Waals surface area contributed by atoms with Crippen LogP contribution in [0.3, 0.4) is 0 Å². The number of benzene rings is 1. The summed E-state index contributed by atoms with van der Waals surface area (Å²) in [5.41, 5.74) is -0.134. The van der Waals surface area contributed by atoms with E-state index in [4.69, 9.17) is 0 Å². The van der Waals surface area contributed by atoms with Gasteiger partial charge in [0.25, 0.3) is 5.91 Å². The van der Waals surface area contributed by atoms with E-state index < -0.39 is 5.54 Å². The number of nitrogens with one attached hydrogen (secondary N) is 1. The molecular formula is C17H20BrN3O3. The number of hydrogen-bond donors (Lipinski definition) is 1. The maximum Gasteiger partial charge on any atom is 0.327 e. The highest BCUT2D eigenvalue weighted by Crippen LogP contribution is 2.39. The number of carbonyl (C=O) groups is 3. The summed E-state index contributed by atoms with van der Waals surface area (Å²) in [6.45, 7) is -0.259. The molecule has 1 aromatic rings. The Balaban J connectivity index is 1.73. The molecule has 1 spiro atoms. The van der Waals surface area contributed by atoms with Crippen molar-refractivity contribution in [3.8, 4) is 0 Å². The number of anilines is 1. The molecule has 1 N–H and O–H groups in total. The predicted octanol–water partition coefficient (Wildman–Crippen LogP) is 2.98. The van der Waals surface area contributed by atoms with Crippen LogP contribution in [-0.4, -0.2) is 46.8 Å². The van der Waals surface area contributed by atoms with Gasteiger partial charge in [-0.2, -0.15) is 0 Å². The maximum absolute atomic E-state index is 12.8. The van der Waals surface area contributed by atoms with E-state index in [9.17, 15) is 14.4 Å². The number of rotatable bonds is 3. The lowest BCUT2D eigenvalue weighted by atomic mass is 9.81. The molecule has 0 radical (unpaired) electrons. The van der Waals surface area contributed by atoms with Crippen LogP contribution in [0.25, 0.3) is 0 Å². The van der Waals surface area contributed by atoms with E-state index in [0.717, 1.165) is 28.6 Å². The molecule has 3 rings (SSSR count). The van der Waals surface area contributed by atoms with Crippen LogP contribution in [0.1, 0.15) is 32.1 Å². The lowest BCUT2D eigenvalue weighted by Crippen LogP contribution is -2.49. The number of amides is 4. The molecule has 7 heteroatoms. The van der Waals surface area contributed by atoms with Crippen LogP contribution in [0.5, 0.6) is 0 Å². The van der Waals surface area contributed by atoms with Crippen molar-refractivity contribution in [2.24, 2.45) is 0 Å². The second-order valence-electron chi connectivity index (χ2n) is 6.35. The maximum atomic E-state index is 12.8. The van der Waals surface area contributed by atoms with Crippen molar-refractivity contribution in [1.82, 2.24) is 9.80 Å². The summed E-state index contributed by atoms with van der Waals surface area (Å²) < 4.78 is 0.748. The normalized spacial score (nSPS) is 19.9. The second kappa shape index (κ2) is 6.55. The van der Waals surface area contributed by atoms with Crippen LogP contribution in [0.2, 0.25) is 0 Å². The number of para-hydroxylation sites is 1. The lowest BCUT2D eigenvalue weighted by molar-refractivity contribution is -0.136. The summed E-state index contributed by atoms with van der Waals surface area (Å²) in [5.74, 6) is -0.623. The van der Waals surface area contributed by atoms with Crippen molar-refractivity contribution in [3.63, 3.8) is 0 Å². The number of likely N-dealkylation sites (N-methyl/N-ethyl adjacent to an activating group) is 1. The Morgan fingerprint density at radius 3 is 2.54 bits per heavy atom. The fourth-order valence-corrected chi connectivity index (χ4v) is 3.95. The van der Waals surface area contributed by atoms with E-state index in [1.54, 1.807) is 19.2 Å². The van der Waals surface area contributed by atoms with Crippen LogP contribution in [0, 0.1) is 0 Å². The van der Waals surface area contributed by atoms with Crippen LogP contribution in [0.4, 0.5) is 10.5 Å². The summed E-state index contributed by atoms with van der Waals surface area (Å²) in [4.78, 5) is 40.2. The van der Waals surface area contributed by atoms with Crippen molar-refractivity contribution in [3.05, 3.63) is 28.7 Å². The molecule has 1 saturated carbocycles. The predicted molar refractivity (Wildman–Crippen MR) is 93.5 cm³/mol. The number of nitrogens with zero attached hydrogens (tertiary/aromatic N) is 2. The number of carbonyl (C=O) groups excluding carboxylic acids is 3. The summed E-state index contributed by atoms with van der Waals surface area (Å²) in [6, 6.07) is 6.83. The SMILES string of the molecule is CN1C(=O)N(CC(=O)Nc2ccccc2Br)C(=O)C12CCCCC2. The average Bonchev–Trinajstić information content (AvgIpc) is 2.74. The highest BCUT2D eigenvalue weighted by Gasteiger charge is 2.55. The van der Waals surface area contributed by atoms with Gasteiger partial charge in [0.05, 0.1) is 5.69 Å². The van der Waals surface area contributed by atoms with Gasteiger partial charge in [-0.25, -0.2) is 4.79 Å². The molecule has 24 heavy (non-hydrogen) atoms. The third-order valence-corrected chi connectivity index (χ3v) is 5.63. The van der Waals surface area contributed by atoms with Gasteiger partial charge < -0.3 is 10.2 Å². The molecule has 1 saturated heterocycles. The molecule has 1 aliphatic carbocycles. The molecule has 4 amide bonds. The molecule has 2 fully saturated rings. The minimum absolute atomic E-state index is 0.239. The molecule has 0 bridgehead atoms. The van der Waals surface area contributed by atoms with Crippen LogP contribution < -0.4 is 5.32 Å². The highest BCUT2D eigenvalue weighted by molar-refractivity contribution is 9.10. The topological polar surface area (TPSA) is 69.7 Å². The minimum atomic E-state index is -0.747. The summed E-state index contributed by atoms with van der Waals surface area (Å²) in [6.07, 6.45) is 4.30. The monoisotopic (exact) mass is 393 g/mol. The molecule has 1 heterocycles. The van der Waals surface area contributed by atoms with Crippen molar-refractivity contribution in [2.75, 3.05) is 18.9 Å². The van der Waals surface area contributed by atoms with Gasteiger partial charge in [0.2, 0.25) is 5.91 Å². The first-order chi connectivity index (χ1) is 11.5. The Bertz CT molecular complexity index is 685. The quantitative estimate of drug-likeness (QED) is 0.802. The summed E-state index contributed by atoms with van der Waals surface area (Å²) >= 11 is 3.36. The van der Waals surface area contributed by atoms with E-state index in [0.29, 0.717) is 18.5 Å². The van der Waals surface area contributed by atoms with Crippen molar-refractivity contribution in [1.29, 1.82) is 0 Å². The third-order valence-electron chi connectivity index (χ3n) is 4.93. The first-order valence-corrected chi connectivity index (χ1v) is 8.89. The van der Waals surface area contributed by atoms with Gasteiger partial charge in [-0.15, -0.1) is 0 Å². The van der Waals surface area contributed by atoms with Crippen LogP contribution in [-0.2, 0) is 9.59 Å². The zero-order valence-corrected chi connectivity index (χ0v) is 15.1. The zero-order chi connectivity index (χ0) is 17.3. The standard InChI is InChI=1S/C17H20BrN3O3/c1-20-16(24)21(15(23)17(20)9-5-2-6-10-17)11-14(22)19-13-8-4-3-7-12(13)18/h3-4,7-8H,2,5-6,9-11H2,1H3,(H,19,22). The Morgan fingerprint density at radius 1 is 1.21 bits per heavy atom. The Morgan fingerprint density at radius 2 is 1.88 bits per heavy atom. The van der Waals surface area contributed by atoms with Gasteiger partial charge in [0.15, 0.2) is 0 Å². The molecule has 6 nitrogen and oxygen atoms in total. The summed E-state index contributed by atoms with van der Waals surface area (Å²) in [5, 5.41) is 2.73. The van der Waals surface area contributed by atoms with E-state index in [-0.39, 0.29) is 24.4 Å². The van der Waals surface area contributed by atoms with Gasteiger partial charge in [-0.1, -0.05) is 31.4 Å². The molecular weight excluding hydrogens is 374 g/mol. The van der Waals surface area contributed by atoms with Crippen molar-refractivity contribution in [2.45, 2.75) is 37.6 Å². The Kier molecular flexibility index (Phi) is 4.62. The van der Waals surface area contributed by atoms with Gasteiger partial charge in [-0.3, -0.25) is 14.5 Å². The molecule has 0 unspecified atom stereocenters. The second-order valence-corrected chi connectivity index (χ2v) is 7.21. The smallest absolute Gasteiger partial charge is 0.324 e. The first-order valence-electron chi connectivity index (χ1n) is 8.10. The van der Waals surface area contributed by atoms with E-state index in [1.807, 2.05) is 12.1 Å². The molecule has 0 aromatic heterocycles. The number of urea groups is 1. The average molecular weight is 394 g/mol. The third kappa shape index (κ3) is 2.81. The number of imide groups is 1. The van der Waals surface area contributed by atoms with Crippen molar-refractivity contribution >= 4 is 39.5 Å². The van der Waals surface area contributed by atoms with Gasteiger partial charge >= 0.3 is 6.03 Å². The highest BCUT2D eigenvalue weighted by atomic mass is 79.9. The van der Waals surface area contributed by atoms with Gasteiger partial charge in [0.1, 0.15) is 12.1 Å². The molecule has 0 atom stereocenters. The van der Waals surface area contributed by atoms with Gasteiger partial charge in [-0.05, 0) is 40.9 Å². The first kappa shape index (κ1) is 17.0. The molecule has 1 aliphatic heterocycles. The fourth-order valence-electron chi connectivity index (χ4n) is 3.57. The Hall–Kier alpha value is -1.89. The van der Waals surface area contributed by atoms with E-state index in [1.165, 1.54) is 4.90 Å². The van der Waals surface area contributed by atoms with Gasteiger partial charge in [0, 0.05) is 11.5 Å². The van der Waals surface area contributed by atoms with E-state index in [2.05, 4.69) is 21.2 Å². The fraction of sp³-hybridized carbons (Fsp3) is 0.471. The Labute approximate surface area is 149 Å². The molecule has 1 aromatic carbocycles. The largest absolute Gasteiger partial charge is 0.327 e. The zero-order valence-electron chi connectivity index (χ0n) is 13.5. The minimum Gasteiger partial charge on any atom is -0.324 e. The number of halogens is 1. The molecule has 2 aliphatic rings. The van der Waals surface area contributed by atoms with E-state index >= 15 is 0 Å². The molecule has 128 valence electrons. The number of hydrogen-bond acceptors (Lipinski definition) is 3. The summed E-state index contributed by atoms with van der Waals surface area (Å²) in [7, 11) is 1.66. The lowest BCUT2D eigenvalue weighted by Gasteiger charge is -2.35. The van der Waals surface area contributed by atoms with Crippen LogP contribution in [0.15, 0.2) is 28.7 Å².